The summed E-state index contributed by atoms with van der Waals surface area (Å²) >= 11 is 0. The summed E-state index contributed by atoms with van der Waals surface area (Å²) in [6.45, 7) is 5.27. The minimum Gasteiger partial charge on any atom is -0.371 e. The van der Waals surface area contributed by atoms with Crippen molar-refractivity contribution in [2.45, 2.75) is 31.9 Å². The van der Waals surface area contributed by atoms with Crippen LogP contribution >= 0.6 is 0 Å². The van der Waals surface area contributed by atoms with Crippen molar-refractivity contribution in [3.63, 3.8) is 0 Å². The molecule has 20 heavy (non-hydrogen) atoms. The lowest BCUT2D eigenvalue weighted by molar-refractivity contribution is 0.0275. The minimum absolute atomic E-state index is 0.0118. The van der Waals surface area contributed by atoms with Crippen molar-refractivity contribution in [1.82, 2.24) is 10.2 Å². The molecule has 1 unspecified atom stereocenters. The summed E-state index contributed by atoms with van der Waals surface area (Å²) in [4.78, 5) is 2.35. The number of benzene rings is 1. The molecule has 0 bridgehead atoms. The molecule has 1 aromatic rings. The molecule has 0 saturated carbocycles. The van der Waals surface area contributed by atoms with Crippen LogP contribution in [0.5, 0.6) is 0 Å². The molecule has 2 fully saturated rings. The SMILES string of the molecule is Fc1cc(C2CNCCO2)ccc1CN1CCCCC1. The molecule has 4 heteroatoms. The summed E-state index contributed by atoms with van der Waals surface area (Å²) in [6, 6.07) is 5.59. The average Bonchev–Trinajstić information content (AvgIpc) is 2.51. The van der Waals surface area contributed by atoms with Crippen molar-refractivity contribution in [3.05, 3.63) is 35.1 Å². The normalized spacial score (nSPS) is 24.8. The van der Waals surface area contributed by atoms with Gasteiger partial charge in [-0.15, -0.1) is 0 Å². The van der Waals surface area contributed by atoms with E-state index in [1.54, 1.807) is 6.07 Å². The first-order valence-electron chi connectivity index (χ1n) is 7.66. The highest BCUT2D eigenvalue weighted by Crippen LogP contribution is 2.22. The molecule has 0 aromatic heterocycles. The highest BCUT2D eigenvalue weighted by molar-refractivity contribution is 5.26. The molecule has 3 nitrogen and oxygen atoms in total. The molecule has 2 heterocycles. The monoisotopic (exact) mass is 278 g/mol. The fraction of sp³-hybridized carbons (Fsp3) is 0.625. The zero-order valence-corrected chi connectivity index (χ0v) is 11.9. The third-order valence-corrected chi connectivity index (χ3v) is 4.22. The van der Waals surface area contributed by atoms with Crippen molar-refractivity contribution in [1.29, 1.82) is 0 Å². The van der Waals surface area contributed by atoms with Gasteiger partial charge in [-0.25, -0.2) is 4.39 Å². The lowest BCUT2D eigenvalue weighted by Gasteiger charge is -2.27. The molecule has 1 atom stereocenters. The number of rotatable bonds is 3. The van der Waals surface area contributed by atoms with Crippen molar-refractivity contribution < 1.29 is 9.13 Å². The smallest absolute Gasteiger partial charge is 0.128 e. The maximum atomic E-state index is 14.3. The lowest BCUT2D eigenvalue weighted by atomic mass is 10.0. The van der Waals surface area contributed by atoms with E-state index < -0.39 is 0 Å². The van der Waals surface area contributed by atoms with Gasteiger partial charge in [0.2, 0.25) is 0 Å². The van der Waals surface area contributed by atoms with E-state index >= 15 is 0 Å². The van der Waals surface area contributed by atoms with E-state index in [1.165, 1.54) is 19.3 Å². The Bertz CT molecular complexity index is 440. The first-order chi connectivity index (χ1) is 9.83. The Hall–Kier alpha value is -0.970. The maximum absolute atomic E-state index is 14.3. The number of hydrogen-bond acceptors (Lipinski definition) is 3. The van der Waals surface area contributed by atoms with Crippen molar-refractivity contribution in [2.24, 2.45) is 0 Å². The number of likely N-dealkylation sites (tertiary alicyclic amines) is 1. The van der Waals surface area contributed by atoms with E-state index in [1.807, 2.05) is 12.1 Å². The average molecular weight is 278 g/mol. The molecule has 0 amide bonds. The van der Waals surface area contributed by atoms with Crippen molar-refractivity contribution >= 4 is 0 Å². The Morgan fingerprint density at radius 1 is 1.25 bits per heavy atom. The largest absolute Gasteiger partial charge is 0.371 e. The molecule has 1 aromatic carbocycles. The second kappa shape index (κ2) is 6.66. The summed E-state index contributed by atoms with van der Waals surface area (Å²) in [5.74, 6) is -0.0951. The van der Waals surface area contributed by atoms with Crippen molar-refractivity contribution in [2.75, 3.05) is 32.8 Å². The minimum atomic E-state index is -0.0951. The first kappa shape index (κ1) is 14.0. The molecule has 2 aliphatic heterocycles. The Morgan fingerprint density at radius 3 is 2.80 bits per heavy atom. The number of hydrogen-bond donors (Lipinski definition) is 1. The van der Waals surface area contributed by atoms with E-state index in [-0.39, 0.29) is 11.9 Å². The van der Waals surface area contributed by atoms with Crippen LogP contribution in [0.2, 0.25) is 0 Å². The number of halogens is 1. The molecule has 0 radical (unpaired) electrons. The van der Waals surface area contributed by atoms with Crippen LogP contribution in [-0.2, 0) is 11.3 Å². The van der Waals surface area contributed by atoms with Gasteiger partial charge in [0.15, 0.2) is 0 Å². The molecule has 2 aliphatic rings. The molecular weight excluding hydrogens is 255 g/mol. The van der Waals surface area contributed by atoms with Crippen LogP contribution in [0.15, 0.2) is 18.2 Å². The fourth-order valence-electron chi connectivity index (χ4n) is 3.03. The zero-order chi connectivity index (χ0) is 13.8. The predicted molar refractivity (Wildman–Crippen MR) is 77.1 cm³/mol. The molecule has 1 N–H and O–H groups in total. The molecule has 0 spiro atoms. The number of nitrogens with one attached hydrogen (secondary N) is 1. The first-order valence-corrected chi connectivity index (χ1v) is 7.66. The highest BCUT2D eigenvalue weighted by Gasteiger charge is 2.18. The van der Waals surface area contributed by atoms with Gasteiger partial charge >= 0.3 is 0 Å². The Kier molecular flexibility index (Phi) is 4.65. The van der Waals surface area contributed by atoms with E-state index in [2.05, 4.69) is 10.2 Å². The van der Waals surface area contributed by atoms with Crippen LogP contribution in [0, 0.1) is 5.82 Å². The third-order valence-electron chi connectivity index (χ3n) is 4.22. The number of morpholine rings is 1. The van der Waals surface area contributed by atoms with Crippen molar-refractivity contribution in [3.8, 4) is 0 Å². The molecule has 0 aliphatic carbocycles. The number of ether oxygens (including phenoxy) is 1. The fourth-order valence-corrected chi connectivity index (χ4v) is 3.03. The maximum Gasteiger partial charge on any atom is 0.128 e. The van der Waals surface area contributed by atoms with Gasteiger partial charge in [0.25, 0.3) is 0 Å². The molecule has 2 saturated heterocycles. The van der Waals surface area contributed by atoms with Crippen LogP contribution in [-0.4, -0.2) is 37.7 Å². The Balaban J connectivity index is 1.66. The van der Waals surface area contributed by atoms with Gasteiger partial charge in [-0.1, -0.05) is 18.6 Å². The van der Waals surface area contributed by atoms with Crippen LogP contribution in [0.3, 0.4) is 0 Å². The summed E-state index contributed by atoms with van der Waals surface area (Å²) in [5, 5.41) is 3.28. The predicted octanol–water partition coefficient (Wildman–Crippen LogP) is 2.47. The van der Waals surface area contributed by atoms with Crippen LogP contribution in [0.25, 0.3) is 0 Å². The van der Waals surface area contributed by atoms with E-state index in [9.17, 15) is 4.39 Å². The van der Waals surface area contributed by atoms with Gasteiger partial charge in [-0.3, -0.25) is 4.90 Å². The van der Waals surface area contributed by atoms with Crippen LogP contribution in [0.1, 0.15) is 36.5 Å². The lowest BCUT2D eigenvalue weighted by Crippen LogP contribution is -2.33. The van der Waals surface area contributed by atoms with Crippen LogP contribution < -0.4 is 5.32 Å². The highest BCUT2D eigenvalue weighted by atomic mass is 19.1. The Labute approximate surface area is 120 Å². The van der Waals surface area contributed by atoms with Gasteiger partial charge < -0.3 is 10.1 Å². The second-order valence-electron chi connectivity index (χ2n) is 5.75. The topological polar surface area (TPSA) is 24.5 Å². The molecular formula is C16H23FN2O. The third kappa shape index (κ3) is 3.37. The van der Waals surface area contributed by atoms with Crippen LogP contribution in [0.4, 0.5) is 4.39 Å². The molecule has 110 valence electrons. The van der Waals surface area contributed by atoms with Gasteiger partial charge in [-0.05, 0) is 37.6 Å². The summed E-state index contributed by atoms with van der Waals surface area (Å²) < 4.78 is 19.9. The molecule has 3 rings (SSSR count). The van der Waals surface area contributed by atoms with E-state index in [0.29, 0.717) is 6.61 Å². The number of nitrogens with zero attached hydrogens (tertiary/aromatic N) is 1. The van der Waals surface area contributed by atoms with Gasteiger partial charge in [0, 0.05) is 25.2 Å². The van der Waals surface area contributed by atoms with E-state index in [4.69, 9.17) is 4.74 Å². The quantitative estimate of drug-likeness (QED) is 0.919. The second-order valence-corrected chi connectivity index (χ2v) is 5.75. The van der Waals surface area contributed by atoms with Gasteiger partial charge in [-0.2, -0.15) is 0 Å². The summed E-state index contributed by atoms with van der Waals surface area (Å²) in [6.07, 6.45) is 3.77. The Morgan fingerprint density at radius 2 is 2.10 bits per heavy atom. The summed E-state index contributed by atoms with van der Waals surface area (Å²) in [5.41, 5.74) is 1.75. The van der Waals surface area contributed by atoms with Gasteiger partial charge in [0.05, 0.1) is 12.7 Å². The van der Waals surface area contributed by atoms with Gasteiger partial charge in [0.1, 0.15) is 5.82 Å². The number of piperidine rings is 1. The standard InChI is InChI=1S/C16H23FN2O/c17-15-10-13(16-11-18-6-9-20-16)4-5-14(15)12-19-7-2-1-3-8-19/h4-5,10,16,18H,1-3,6-9,11-12H2. The van der Waals surface area contributed by atoms with E-state index in [0.717, 1.165) is 43.9 Å². The summed E-state index contributed by atoms with van der Waals surface area (Å²) in [7, 11) is 0. The zero-order valence-electron chi connectivity index (χ0n) is 11.9.